The third-order valence-electron chi connectivity index (χ3n) is 3.01. The molecule has 2 rings (SSSR count). The highest BCUT2D eigenvalue weighted by molar-refractivity contribution is 6.31. The van der Waals surface area contributed by atoms with Crippen LogP contribution >= 0.6 is 11.6 Å². The van der Waals surface area contributed by atoms with Gasteiger partial charge in [-0.05, 0) is 36.6 Å². The van der Waals surface area contributed by atoms with E-state index < -0.39 is 0 Å². The molecule has 0 radical (unpaired) electrons. The van der Waals surface area contributed by atoms with E-state index >= 15 is 0 Å². The van der Waals surface area contributed by atoms with Crippen molar-refractivity contribution in [1.82, 2.24) is 10.4 Å². The van der Waals surface area contributed by atoms with Crippen molar-refractivity contribution in [3.05, 3.63) is 64.4 Å². The van der Waals surface area contributed by atoms with Gasteiger partial charge in [0, 0.05) is 16.9 Å². The van der Waals surface area contributed by atoms with Crippen LogP contribution in [0.3, 0.4) is 0 Å². The van der Waals surface area contributed by atoms with Gasteiger partial charge in [-0.3, -0.25) is 16.3 Å². The lowest BCUT2D eigenvalue weighted by atomic mass is 9.98. The molecule has 0 fully saturated rings. The van der Waals surface area contributed by atoms with Gasteiger partial charge in [0.25, 0.3) is 0 Å². The van der Waals surface area contributed by atoms with Gasteiger partial charge in [0.15, 0.2) is 0 Å². The summed E-state index contributed by atoms with van der Waals surface area (Å²) < 4.78 is 0. The minimum Gasteiger partial charge on any atom is -0.271 e. The molecule has 0 saturated carbocycles. The van der Waals surface area contributed by atoms with Crippen LogP contribution in [0.15, 0.2) is 42.6 Å². The molecule has 1 aromatic carbocycles. The lowest BCUT2D eigenvalue weighted by molar-refractivity contribution is 0.547. The van der Waals surface area contributed by atoms with E-state index in [2.05, 4.69) is 10.4 Å². The Balaban J connectivity index is 2.26. The molecule has 0 amide bonds. The van der Waals surface area contributed by atoms with Gasteiger partial charge in [-0.25, -0.2) is 0 Å². The second kappa shape index (κ2) is 5.96. The zero-order chi connectivity index (χ0) is 13.0. The average molecular weight is 262 g/mol. The van der Waals surface area contributed by atoms with E-state index in [1.165, 1.54) is 0 Å². The Morgan fingerprint density at radius 3 is 2.72 bits per heavy atom. The molecule has 1 atom stereocenters. The quantitative estimate of drug-likeness (QED) is 0.657. The standard InChI is InChI=1S/C14H16ClN3/c1-10-12(6-4-8-17-10)14(18-16)9-11-5-2-3-7-13(11)15/h2-8,14,18H,9,16H2,1H3. The predicted molar refractivity (Wildman–Crippen MR) is 74.2 cm³/mol. The first kappa shape index (κ1) is 13.0. The monoisotopic (exact) mass is 261 g/mol. The van der Waals surface area contributed by atoms with Crippen LogP contribution in [0.4, 0.5) is 0 Å². The number of nitrogens with two attached hydrogens (primary N) is 1. The van der Waals surface area contributed by atoms with Crippen molar-refractivity contribution in [3.63, 3.8) is 0 Å². The SMILES string of the molecule is Cc1ncccc1C(Cc1ccccc1Cl)NN. The highest BCUT2D eigenvalue weighted by atomic mass is 35.5. The smallest absolute Gasteiger partial charge is 0.0518 e. The summed E-state index contributed by atoms with van der Waals surface area (Å²) in [4.78, 5) is 4.28. The largest absolute Gasteiger partial charge is 0.271 e. The first-order valence-corrected chi connectivity index (χ1v) is 6.21. The Hall–Kier alpha value is -1.42. The molecular formula is C14H16ClN3. The predicted octanol–water partition coefficient (Wildman–Crippen LogP) is 2.79. The van der Waals surface area contributed by atoms with Crippen molar-refractivity contribution in [3.8, 4) is 0 Å². The van der Waals surface area contributed by atoms with Gasteiger partial charge in [0.2, 0.25) is 0 Å². The fraction of sp³-hybridized carbons (Fsp3) is 0.214. The molecule has 0 aliphatic carbocycles. The Kier molecular flexibility index (Phi) is 4.31. The second-order valence-electron chi connectivity index (χ2n) is 4.19. The summed E-state index contributed by atoms with van der Waals surface area (Å²) in [7, 11) is 0. The van der Waals surface area contributed by atoms with Crippen LogP contribution in [0, 0.1) is 6.92 Å². The molecule has 1 heterocycles. The number of aromatic nitrogens is 1. The van der Waals surface area contributed by atoms with Crippen molar-refractivity contribution in [2.45, 2.75) is 19.4 Å². The molecule has 0 spiro atoms. The number of hydrogen-bond donors (Lipinski definition) is 2. The maximum atomic E-state index is 6.17. The highest BCUT2D eigenvalue weighted by Gasteiger charge is 2.14. The van der Waals surface area contributed by atoms with Crippen LogP contribution in [-0.4, -0.2) is 4.98 Å². The molecule has 0 aliphatic heterocycles. The maximum Gasteiger partial charge on any atom is 0.0518 e. The summed E-state index contributed by atoms with van der Waals surface area (Å²) in [6, 6.07) is 11.8. The number of benzene rings is 1. The molecule has 4 heteroatoms. The van der Waals surface area contributed by atoms with E-state index in [1.54, 1.807) is 6.20 Å². The van der Waals surface area contributed by atoms with E-state index in [0.717, 1.165) is 28.3 Å². The van der Waals surface area contributed by atoms with Gasteiger partial charge < -0.3 is 0 Å². The van der Waals surface area contributed by atoms with Gasteiger partial charge in [-0.15, -0.1) is 0 Å². The number of pyridine rings is 1. The van der Waals surface area contributed by atoms with Gasteiger partial charge >= 0.3 is 0 Å². The molecule has 0 saturated heterocycles. The fourth-order valence-electron chi connectivity index (χ4n) is 2.01. The molecule has 18 heavy (non-hydrogen) atoms. The number of halogens is 1. The lowest BCUT2D eigenvalue weighted by Crippen LogP contribution is -2.30. The van der Waals surface area contributed by atoms with Crippen LogP contribution in [0.2, 0.25) is 5.02 Å². The highest BCUT2D eigenvalue weighted by Crippen LogP contribution is 2.24. The van der Waals surface area contributed by atoms with Crippen molar-refractivity contribution in [1.29, 1.82) is 0 Å². The minimum absolute atomic E-state index is 0.0126. The molecular weight excluding hydrogens is 246 g/mol. The van der Waals surface area contributed by atoms with Gasteiger partial charge in [-0.1, -0.05) is 35.9 Å². The van der Waals surface area contributed by atoms with E-state index in [0.29, 0.717) is 0 Å². The summed E-state index contributed by atoms with van der Waals surface area (Å²) in [5.74, 6) is 5.65. The Labute approximate surface area is 112 Å². The topological polar surface area (TPSA) is 50.9 Å². The molecule has 0 bridgehead atoms. The lowest BCUT2D eigenvalue weighted by Gasteiger charge is -2.18. The molecule has 94 valence electrons. The number of nitrogens with one attached hydrogen (secondary N) is 1. The van der Waals surface area contributed by atoms with Crippen molar-refractivity contribution >= 4 is 11.6 Å². The van der Waals surface area contributed by atoms with Crippen LogP contribution < -0.4 is 11.3 Å². The number of aryl methyl sites for hydroxylation is 1. The Morgan fingerprint density at radius 2 is 2.06 bits per heavy atom. The average Bonchev–Trinajstić information content (AvgIpc) is 2.39. The number of hydrogen-bond acceptors (Lipinski definition) is 3. The Morgan fingerprint density at radius 1 is 1.28 bits per heavy atom. The third kappa shape index (κ3) is 2.88. The molecule has 1 unspecified atom stereocenters. The zero-order valence-corrected chi connectivity index (χ0v) is 11.0. The van der Waals surface area contributed by atoms with E-state index in [-0.39, 0.29) is 6.04 Å². The van der Waals surface area contributed by atoms with Gasteiger partial charge in [0.05, 0.1) is 6.04 Å². The van der Waals surface area contributed by atoms with Crippen LogP contribution in [0.1, 0.15) is 22.9 Å². The molecule has 3 nitrogen and oxygen atoms in total. The number of nitrogens with zero attached hydrogens (tertiary/aromatic N) is 1. The molecule has 0 aliphatic rings. The van der Waals surface area contributed by atoms with Crippen molar-refractivity contribution < 1.29 is 0 Å². The van der Waals surface area contributed by atoms with Crippen LogP contribution in [0.25, 0.3) is 0 Å². The summed E-state index contributed by atoms with van der Waals surface area (Å²) in [6.45, 7) is 1.98. The van der Waals surface area contributed by atoms with E-state index in [9.17, 15) is 0 Å². The fourth-order valence-corrected chi connectivity index (χ4v) is 2.22. The second-order valence-corrected chi connectivity index (χ2v) is 4.60. The van der Waals surface area contributed by atoms with Crippen molar-refractivity contribution in [2.75, 3.05) is 0 Å². The summed E-state index contributed by atoms with van der Waals surface area (Å²) in [5.41, 5.74) is 5.99. The van der Waals surface area contributed by atoms with Crippen LogP contribution in [0.5, 0.6) is 0 Å². The molecule has 1 aromatic heterocycles. The maximum absolute atomic E-state index is 6.17. The normalized spacial score (nSPS) is 12.4. The Bertz CT molecular complexity index is 528. The first-order chi connectivity index (χ1) is 8.72. The first-order valence-electron chi connectivity index (χ1n) is 5.83. The van der Waals surface area contributed by atoms with E-state index in [1.807, 2.05) is 43.3 Å². The summed E-state index contributed by atoms with van der Waals surface area (Å²) in [6.07, 6.45) is 2.52. The van der Waals surface area contributed by atoms with Gasteiger partial charge in [-0.2, -0.15) is 0 Å². The number of rotatable bonds is 4. The third-order valence-corrected chi connectivity index (χ3v) is 3.38. The van der Waals surface area contributed by atoms with Crippen molar-refractivity contribution in [2.24, 2.45) is 5.84 Å². The van der Waals surface area contributed by atoms with Gasteiger partial charge in [0.1, 0.15) is 0 Å². The summed E-state index contributed by atoms with van der Waals surface area (Å²) in [5, 5.41) is 0.763. The van der Waals surface area contributed by atoms with Crippen LogP contribution in [-0.2, 0) is 6.42 Å². The van der Waals surface area contributed by atoms with E-state index in [4.69, 9.17) is 17.4 Å². The summed E-state index contributed by atoms with van der Waals surface area (Å²) >= 11 is 6.17. The molecule has 2 aromatic rings. The molecule has 3 N–H and O–H groups in total. The minimum atomic E-state index is 0.0126. The number of hydrazine groups is 1. The zero-order valence-electron chi connectivity index (χ0n) is 10.2.